The van der Waals surface area contributed by atoms with Gasteiger partial charge in [0.2, 0.25) is 0 Å². The summed E-state index contributed by atoms with van der Waals surface area (Å²) in [5, 5.41) is 2.02. The Kier molecular flexibility index (Phi) is 4.55. The lowest BCUT2D eigenvalue weighted by molar-refractivity contribution is -0.119. The van der Waals surface area contributed by atoms with Gasteiger partial charge in [-0.15, -0.1) is 0 Å². The lowest BCUT2D eigenvalue weighted by Crippen LogP contribution is -2.22. The highest BCUT2D eigenvalue weighted by molar-refractivity contribution is 5.96. The fourth-order valence-electron chi connectivity index (χ4n) is 1.84. The first kappa shape index (κ1) is 15.7. The highest BCUT2D eigenvalue weighted by Gasteiger charge is 2.17. The maximum atomic E-state index is 13.4. The molecule has 5 nitrogen and oxygen atoms in total. The topological polar surface area (TPSA) is 68.5 Å². The average molecular weight is 309 g/mol. The minimum atomic E-state index is -0.916. The molecule has 1 aromatic carbocycles. The lowest BCUT2D eigenvalue weighted by atomic mass is 10.2. The summed E-state index contributed by atoms with van der Waals surface area (Å²) in [6, 6.07) is 4.65. The number of ether oxygens (including phenoxy) is 1. The van der Waals surface area contributed by atoms with Gasteiger partial charge in [0.05, 0.1) is 0 Å². The van der Waals surface area contributed by atoms with Crippen LogP contribution in [-0.4, -0.2) is 18.5 Å². The smallest absolute Gasteiger partial charge is 0.342 e. The van der Waals surface area contributed by atoms with E-state index in [0.29, 0.717) is 11.5 Å². The maximum Gasteiger partial charge on any atom is 0.342 e. The number of esters is 1. The number of aryl methyl sites for hydroxylation is 2. The summed E-state index contributed by atoms with van der Waals surface area (Å²) in [4.78, 5) is 23.4. The third-order valence-electron chi connectivity index (χ3n) is 2.82. The van der Waals surface area contributed by atoms with Crippen molar-refractivity contribution in [2.45, 2.75) is 13.8 Å². The van der Waals surface area contributed by atoms with Crippen LogP contribution in [0.3, 0.4) is 0 Å². The molecular formula is C15H13F2NO4. The number of hydrogen-bond donors (Lipinski definition) is 1. The first-order chi connectivity index (χ1) is 10.4. The Morgan fingerprint density at radius 2 is 1.86 bits per heavy atom. The quantitative estimate of drug-likeness (QED) is 0.882. The Balaban J connectivity index is 1.96. The Morgan fingerprint density at radius 3 is 2.41 bits per heavy atom. The van der Waals surface area contributed by atoms with Crippen molar-refractivity contribution in [3.8, 4) is 0 Å². The largest absolute Gasteiger partial charge is 0.466 e. The summed E-state index contributed by atoms with van der Waals surface area (Å²) in [6.45, 7) is 2.58. The van der Waals surface area contributed by atoms with E-state index in [0.717, 1.165) is 12.1 Å². The van der Waals surface area contributed by atoms with Gasteiger partial charge in [-0.05, 0) is 32.0 Å². The van der Waals surface area contributed by atoms with Crippen molar-refractivity contribution in [2.75, 3.05) is 11.9 Å². The van der Waals surface area contributed by atoms with Crippen LogP contribution in [0.25, 0.3) is 0 Å². The second-order valence-electron chi connectivity index (χ2n) is 4.55. The van der Waals surface area contributed by atoms with Gasteiger partial charge in [0.15, 0.2) is 6.61 Å². The summed E-state index contributed by atoms with van der Waals surface area (Å²) >= 11 is 0. The zero-order valence-electron chi connectivity index (χ0n) is 11.9. The van der Waals surface area contributed by atoms with Crippen molar-refractivity contribution in [1.29, 1.82) is 0 Å². The van der Waals surface area contributed by atoms with E-state index in [1.165, 1.54) is 12.1 Å². The Bertz CT molecular complexity index is 704. The molecule has 0 saturated carbocycles. The molecule has 1 amide bonds. The molecule has 0 fully saturated rings. The Hall–Kier alpha value is -2.70. The number of carbonyl (C=O) groups excluding carboxylic acids is 2. The number of carbonyl (C=O) groups is 2. The van der Waals surface area contributed by atoms with Crippen molar-refractivity contribution in [3.05, 3.63) is 53.0 Å². The number of amides is 1. The predicted octanol–water partition coefficient (Wildman–Crippen LogP) is 2.97. The molecule has 0 bridgehead atoms. The van der Waals surface area contributed by atoms with Crippen LogP contribution in [0, 0.1) is 25.5 Å². The zero-order valence-corrected chi connectivity index (χ0v) is 11.9. The second-order valence-corrected chi connectivity index (χ2v) is 4.55. The minimum Gasteiger partial charge on any atom is -0.466 e. The molecule has 116 valence electrons. The molecule has 1 heterocycles. The van der Waals surface area contributed by atoms with Crippen LogP contribution < -0.4 is 5.32 Å². The molecule has 0 atom stereocenters. The van der Waals surface area contributed by atoms with E-state index in [2.05, 4.69) is 0 Å². The normalized spacial score (nSPS) is 10.4. The summed E-state index contributed by atoms with van der Waals surface area (Å²) in [5.41, 5.74) is -0.388. The molecule has 22 heavy (non-hydrogen) atoms. The fraction of sp³-hybridized carbons (Fsp3) is 0.200. The highest BCUT2D eigenvalue weighted by atomic mass is 19.1. The molecule has 2 rings (SSSR count). The predicted molar refractivity (Wildman–Crippen MR) is 73.5 cm³/mol. The first-order valence-electron chi connectivity index (χ1n) is 6.36. The van der Waals surface area contributed by atoms with Crippen molar-refractivity contribution >= 4 is 17.6 Å². The summed E-state index contributed by atoms with van der Waals surface area (Å²) in [5.74, 6) is -2.54. The number of rotatable bonds is 4. The Morgan fingerprint density at radius 1 is 1.23 bits per heavy atom. The number of hydrogen-bond acceptors (Lipinski definition) is 4. The third-order valence-corrected chi connectivity index (χ3v) is 2.82. The Labute approximate surface area is 124 Å². The van der Waals surface area contributed by atoms with Crippen LogP contribution in [0.1, 0.15) is 21.9 Å². The molecule has 7 heteroatoms. The van der Waals surface area contributed by atoms with Gasteiger partial charge in [-0.2, -0.15) is 0 Å². The monoisotopic (exact) mass is 309 g/mol. The molecular weight excluding hydrogens is 296 g/mol. The van der Waals surface area contributed by atoms with Gasteiger partial charge in [0.25, 0.3) is 5.91 Å². The minimum absolute atomic E-state index is 0.197. The van der Waals surface area contributed by atoms with E-state index in [4.69, 9.17) is 9.15 Å². The van der Waals surface area contributed by atoms with Gasteiger partial charge in [0, 0.05) is 0 Å². The van der Waals surface area contributed by atoms with Crippen molar-refractivity contribution in [3.63, 3.8) is 0 Å². The van der Waals surface area contributed by atoms with E-state index in [1.54, 1.807) is 13.8 Å². The average Bonchev–Trinajstić information content (AvgIpc) is 2.79. The third kappa shape index (κ3) is 3.49. The number of furan rings is 1. The zero-order chi connectivity index (χ0) is 16.3. The number of para-hydroxylation sites is 1. The van der Waals surface area contributed by atoms with Crippen LogP contribution in [0.4, 0.5) is 14.5 Å². The standard InChI is InChI=1S/C15H13F2NO4/c1-8-6-10(9(2)22-8)15(20)21-7-13(19)18-14-11(16)4-3-5-12(14)17/h3-6H,7H2,1-2H3,(H,18,19). The van der Waals surface area contributed by atoms with Crippen LogP contribution >= 0.6 is 0 Å². The number of benzene rings is 1. The van der Waals surface area contributed by atoms with Gasteiger partial charge in [-0.1, -0.05) is 6.07 Å². The fourth-order valence-corrected chi connectivity index (χ4v) is 1.84. The molecule has 2 aromatic rings. The van der Waals surface area contributed by atoms with Crippen molar-refractivity contribution in [1.82, 2.24) is 0 Å². The highest BCUT2D eigenvalue weighted by Crippen LogP contribution is 2.18. The number of anilines is 1. The van der Waals surface area contributed by atoms with Crippen LogP contribution in [0.5, 0.6) is 0 Å². The van der Waals surface area contributed by atoms with Gasteiger partial charge in [-0.3, -0.25) is 4.79 Å². The number of halogens is 2. The second kappa shape index (κ2) is 6.38. The van der Waals surface area contributed by atoms with E-state index in [9.17, 15) is 18.4 Å². The molecule has 0 aliphatic rings. The molecule has 1 N–H and O–H groups in total. The van der Waals surface area contributed by atoms with Gasteiger partial charge in [0.1, 0.15) is 34.4 Å². The van der Waals surface area contributed by atoms with Crippen molar-refractivity contribution in [2.24, 2.45) is 0 Å². The molecule has 0 aliphatic heterocycles. The van der Waals surface area contributed by atoms with E-state index >= 15 is 0 Å². The van der Waals surface area contributed by atoms with Gasteiger partial charge >= 0.3 is 5.97 Å². The maximum absolute atomic E-state index is 13.4. The molecule has 0 saturated heterocycles. The van der Waals surface area contributed by atoms with Crippen LogP contribution in [0.15, 0.2) is 28.7 Å². The molecule has 0 radical (unpaired) electrons. The molecule has 1 aromatic heterocycles. The van der Waals surface area contributed by atoms with Gasteiger partial charge in [-0.25, -0.2) is 13.6 Å². The van der Waals surface area contributed by atoms with Crippen molar-refractivity contribution < 1.29 is 27.5 Å². The summed E-state index contributed by atoms with van der Waals surface area (Å²) in [7, 11) is 0. The van der Waals surface area contributed by atoms with E-state index in [-0.39, 0.29) is 5.56 Å². The van der Waals surface area contributed by atoms with E-state index < -0.39 is 35.8 Å². The van der Waals surface area contributed by atoms with Crippen LogP contribution in [-0.2, 0) is 9.53 Å². The SMILES string of the molecule is Cc1cc(C(=O)OCC(=O)Nc2c(F)cccc2F)c(C)o1. The van der Waals surface area contributed by atoms with Gasteiger partial charge < -0.3 is 14.5 Å². The first-order valence-corrected chi connectivity index (χ1v) is 6.36. The lowest BCUT2D eigenvalue weighted by Gasteiger charge is -2.08. The van der Waals surface area contributed by atoms with Crippen LogP contribution in [0.2, 0.25) is 0 Å². The number of nitrogens with one attached hydrogen (secondary N) is 1. The van der Waals surface area contributed by atoms with E-state index in [1.807, 2.05) is 5.32 Å². The molecule has 0 unspecified atom stereocenters. The molecule has 0 spiro atoms. The summed E-state index contributed by atoms with van der Waals surface area (Å²) in [6.07, 6.45) is 0. The summed E-state index contributed by atoms with van der Waals surface area (Å²) < 4.78 is 36.7. The molecule has 0 aliphatic carbocycles.